The number of amides is 1. The van der Waals surface area contributed by atoms with Crippen LogP contribution in [0.5, 0.6) is 0 Å². The van der Waals surface area contributed by atoms with Crippen molar-refractivity contribution in [2.75, 3.05) is 32.9 Å². The van der Waals surface area contributed by atoms with Gasteiger partial charge >= 0.3 is 0 Å². The Balaban J connectivity index is 3.37. The Kier molecular flexibility index (Phi) is 15.7. The van der Waals surface area contributed by atoms with Crippen molar-refractivity contribution in [1.82, 2.24) is 5.32 Å². The molecule has 0 aromatic rings. The van der Waals surface area contributed by atoms with Crippen molar-refractivity contribution in [3.05, 3.63) is 12.2 Å². The lowest BCUT2D eigenvalue weighted by Crippen LogP contribution is -2.40. The number of allylic oxidation sites excluding steroid dienone is 1. The van der Waals surface area contributed by atoms with Crippen LogP contribution >= 0.6 is 0 Å². The van der Waals surface area contributed by atoms with Crippen LogP contribution in [-0.4, -0.2) is 50.0 Å². The number of hydrogen-bond donors (Lipinski definition) is 4. The van der Waals surface area contributed by atoms with Gasteiger partial charge in [-0.05, 0) is 45.1 Å². The van der Waals surface area contributed by atoms with Gasteiger partial charge in [0.1, 0.15) is 0 Å². The predicted molar refractivity (Wildman–Crippen MR) is 89.4 cm³/mol. The van der Waals surface area contributed by atoms with E-state index < -0.39 is 6.04 Å². The lowest BCUT2D eigenvalue weighted by molar-refractivity contribution is -0.122. The quantitative estimate of drug-likeness (QED) is 0.262. The van der Waals surface area contributed by atoms with Gasteiger partial charge in [-0.1, -0.05) is 18.6 Å². The molecule has 0 aliphatic heterocycles. The summed E-state index contributed by atoms with van der Waals surface area (Å²) in [5, 5.41) is 11.4. The smallest absolute Gasteiger partial charge is 0.236 e. The van der Waals surface area contributed by atoms with Crippen molar-refractivity contribution in [1.29, 1.82) is 0 Å². The number of nitrogens with one attached hydrogen (secondary N) is 1. The summed E-state index contributed by atoms with van der Waals surface area (Å²) in [6.07, 6.45) is 10.6. The molecule has 0 saturated heterocycles. The Bertz CT molecular complexity index is 286. The molecule has 1 amide bonds. The summed E-state index contributed by atoms with van der Waals surface area (Å²) in [5.74, 6) is -0.0615. The minimum Gasteiger partial charge on any atom is -0.394 e. The molecule has 0 saturated carbocycles. The SMILES string of the molecule is NCCCC[C@H](N)C(=O)NCCCC/C=C/CCOCCO. The van der Waals surface area contributed by atoms with E-state index in [2.05, 4.69) is 17.5 Å². The standard InChI is InChI=1S/C16H33N3O3/c17-10-6-5-9-15(18)16(21)19-11-7-3-1-2-4-8-13-22-14-12-20/h2,4,15,20H,1,3,5-14,17-18H2,(H,19,21)/b4-2+/t15-/m0/s1. The second-order valence-corrected chi connectivity index (χ2v) is 5.27. The molecular formula is C16H33N3O3. The highest BCUT2D eigenvalue weighted by molar-refractivity contribution is 5.81. The minimum atomic E-state index is -0.412. The zero-order valence-electron chi connectivity index (χ0n) is 13.6. The largest absolute Gasteiger partial charge is 0.394 e. The Morgan fingerprint density at radius 3 is 2.64 bits per heavy atom. The molecule has 0 aromatic heterocycles. The fraction of sp³-hybridized carbons (Fsp3) is 0.812. The van der Waals surface area contributed by atoms with E-state index in [1.54, 1.807) is 0 Å². The van der Waals surface area contributed by atoms with Crippen LogP contribution in [-0.2, 0) is 9.53 Å². The maximum atomic E-state index is 11.7. The molecule has 0 aromatic carbocycles. The maximum Gasteiger partial charge on any atom is 0.236 e. The lowest BCUT2D eigenvalue weighted by Gasteiger charge is -2.11. The van der Waals surface area contributed by atoms with E-state index in [-0.39, 0.29) is 12.5 Å². The van der Waals surface area contributed by atoms with Crippen LogP contribution in [0.4, 0.5) is 0 Å². The monoisotopic (exact) mass is 315 g/mol. The van der Waals surface area contributed by atoms with Crippen molar-refractivity contribution in [2.24, 2.45) is 11.5 Å². The normalized spacial score (nSPS) is 12.7. The molecule has 0 fully saturated rings. The third-order valence-electron chi connectivity index (χ3n) is 3.23. The number of carbonyl (C=O) groups is 1. The third kappa shape index (κ3) is 14.0. The van der Waals surface area contributed by atoms with Gasteiger partial charge in [-0.3, -0.25) is 4.79 Å². The summed E-state index contributed by atoms with van der Waals surface area (Å²) in [5.41, 5.74) is 11.2. The summed E-state index contributed by atoms with van der Waals surface area (Å²) in [6, 6.07) is -0.412. The highest BCUT2D eigenvalue weighted by Crippen LogP contribution is 1.99. The van der Waals surface area contributed by atoms with Gasteiger partial charge in [0.2, 0.25) is 5.91 Å². The molecule has 130 valence electrons. The van der Waals surface area contributed by atoms with Gasteiger partial charge < -0.3 is 26.6 Å². The number of ether oxygens (including phenoxy) is 1. The fourth-order valence-corrected chi connectivity index (χ4v) is 1.92. The number of hydrogen-bond acceptors (Lipinski definition) is 5. The summed E-state index contributed by atoms with van der Waals surface area (Å²) >= 11 is 0. The predicted octanol–water partition coefficient (Wildman–Crippen LogP) is 0.684. The molecule has 6 heteroatoms. The average molecular weight is 315 g/mol. The first-order valence-electron chi connectivity index (χ1n) is 8.29. The van der Waals surface area contributed by atoms with E-state index in [1.165, 1.54) is 0 Å². The Morgan fingerprint density at radius 1 is 1.14 bits per heavy atom. The number of rotatable bonds is 15. The molecule has 0 rings (SSSR count). The van der Waals surface area contributed by atoms with Crippen molar-refractivity contribution in [3.8, 4) is 0 Å². The van der Waals surface area contributed by atoms with Gasteiger partial charge in [0.15, 0.2) is 0 Å². The molecule has 6 nitrogen and oxygen atoms in total. The Morgan fingerprint density at radius 2 is 1.91 bits per heavy atom. The number of carbonyl (C=O) groups excluding carboxylic acids is 1. The second-order valence-electron chi connectivity index (χ2n) is 5.27. The van der Waals surface area contributed by atoms with Crippen molar-refractivity contribution in [3.63, 3.8) is 0 Å². The molecule has 1 atom stereocenters. The topological polar surface area (TPSA) is 111 Å². The van der Waals surface area contributed by atoms with Gasteiger partial charge in [-0.25, -0.2) is 0 Å². The van der Waals surface area contributed by atoms with E-state index in [9.17, 15) is 4.79 Å². The van der Waals surface area contributed by atoms with E-state index in [0.717, 1.165) is 38.5 Å². The lowest BCUT2D eigenvalue weighted by atomic mass is 10.1. The molecule has 22 heavy (non-hydrogen) atoms. The Labute approximate surface area is 134 Å². The van der Waals surface area contributed by atoms with Crippen LogP contribution in [0.2, 0.25) is 0 Å². The zero-order chi connectivity index (χ0) is 16.5. The highest BCUT2D eigenvalue weighted by Gasteiger charge is 2.11. The van der Waals surface area contributed by atoms with E-state index >= 15 is 0 Å². The molecule has 0 bridgehead atoms. The maximum absolute atomic E-state index is 11.7. The van der Waals surface area contributed by atoms with Crippen LogP contribution in [0.25, 0.3) is 0 Å². The van der Waals surface area contributed by atoms with Gasteiger partial charge in [0, 0.05) is 6.54 Å². The van der Waals surface area contributed by atoms with Crippen molar-refractivity contribution in [2.45, 2.75) is 51.0 Å². The molecule has 0 unspecified atom stereocenters. The number of nitrogens with two attached hydrogens (primary N) is 2. The first-order valence-corrected chi connectivity index (χ1v) is 8.29. The van der Waals surface area contributed by atoms with Gasteiger partial charge in [-0.15, -0.1) is 0 Å². The van der Waals surface area contributed by atoms with Crippen LogP contribution in [0.1, 0.15) is 44.9 Å². The van der Waals surface area contributed by atoms with Crippen LogP contribution in [0.15, 0.2) is 12.2 Å². The van der Waals surface area contributed by atoms with Gasteiger partial charge in [-0.2, -0.15) is 0 Å². The summed E-state index contributed by atoms with van der Waals surface area (Å²) in [7, 11) is 0. The molecule has 6 N–H and O–H groups in total. The zero-order valence-corrected chi connectivity index (χ0v) is 13.6. The van der Waals surface area contributed by atoms with Crippen molar-refractivity contribution >= 4 is 5.91 Å². The summed E-state index contributed by atoms with van der Waals surface area (Å²) in [4.78, 5) is 11.7. The van der Waals surface area contributed by atoms with E-state index in [4.69, 9.17) is 21.3 Å². The third-order valence-corrected chi connectivity index (χ3v) is 3.23. The first-order chi connectivity index (χ1) is 10.7. The molecule has 0 heterocycles. The Hall–Kier alpha value is -0.950. The highest BCUT2D eigenvalue weighted by atomic mass is 16.5. The first kappa shape index (κ1) is 21.0. The number of aliphatic hydroxyl groups excluding tert-OH is 1. The molecular weight excluding hydrogens is 282 g/mol. The summed E-state index contributed by atoms with van der Waals surface area (Å²) < 4.78 is 5.14. The van der Waals surface area contributed by atoms with Crippen LogP contribution < -0.4 is 16.8 Å². The molecule has 0 spiro atoms. The second kappa shape index (κ2) is 16.4. The van der Waals surface area contributed by atoms with E-state index in [1.807, 2.05) is 0 Å². The summed E-state index contributed by atoms with van der Waals surface area (Å²) in [6.45, 7) is 2.45. The minimum absolute atomic E-state index is 0.0615. The van der Waals surface area contributed by atoms with Crippen LogP contribution in [0, 0.1) is 0 Å². The van der Waals surface area contributed by atoms with Crippen LogP contribution in [0.3, 0.4) is 0 Å². The van der Waals surface area contributed by atoms with Gasteiger partial charge in [0.25, 0.3) is 0 Å². The van der Waals surface area contributed by atoms with Gasteiger partial charge in [0.05, 0.1) is 25.9 Å². The molecule has 0 aliphatic carbocycles. The fourth-order valence-electron chi connectivity index (χ4n) is 1.92. The molecule has 0 aliphatic rings. The van der Waals surface area contributed by atoms with E-state index in [0.29, 0.717) is 32.7 Å². The average Bonchev–Trinajstić information content (AvgIpc) is 2.52. The number of unbranched alkanes of at least 4 members (excludes halogenated alkanes) is 3. The van der Waals surface area contributed by atoms with Crippen molar-refractivity contribution < 1.29 is 14.6 Å². The molecule has 0 radical (unpaired) electrons. The number of aliphatic hydroxyl groups is 1.